The highest BCUT2D eigenvalue weighted by atomic mass is 16.5. The van der Waals surface area contributed by atoms with E-state index in [0.717, 1.165) is 46.9 Å². The van der Waals surface area contributed by atoms with Crippen LogP contribution in [0.1, 0.15) is 21.5 Å². The number of benzene rings is 3. The number of aromatic nitrogens is 2. The van der Waals surface area contributed by atoms with E-state index in [1.807, 2.05) is 61.5 Å². The Morgan fingerprint density at radius 2 is 1.76 bits per heavy atom. The lowest BCUT2D eigenvalue weighted by Crippen LogP contribution is -2.36. The number of nitrogens with zero attached hydrogens (tertiary/aromatic N) is 3. The molecular weight excluding hydrogens is 466 g/mol. The fraction of sp³-hybridized carbons (Fsp3) is 0.207. The number of ether oxygens (including phenoxy) is 1. The second kappa shape index (κ2) is 10.8. The molecule has 1 amide bonds. The Balaban J connectivity index is 1.45. The van der Waals surface area contributed by atoms with Crippen LogP contribution in [0.25, 0.3) is 22.6 Å². The molecule has 188 valence electrons. The molecule has 0 spiro atoms. The van der Waals surface area contributed by atoms with Crippen molar-refractivity contribution in [1.29, 1.82) is 0 Å². The standard InChI is InChI=1S/C29H29N5O3/c1-19-24(6-3-7-25(19)30)29(36)31-23-10-8-21(9-11-23)26-17-27(34-12-14-37-15-13-34)33-28(32-26)22-5-2-4-20(16-22)18-35/h2-11,16-17,35H,12-15,18,30H2,1H3,(H,31,36). The second-order valence-corrected chi connectivity index (χ2v) is 8.94. The molecule has 0 saturated carbocycles. The van der Waals surface area contributed by atoms with Crippen molar-refractivity contribution in [3.05, 3.63) is 89.5 Å². The van der Waals surface area contributed by atoms with Gasteiger partial charge in [0.1, 0.15) is 5.82 Å². The van der Waals surface area contributed by atoms with Crippen molar-refractivity contribution in [2.45, 2.75) is 13.5 Å². The molecule has 0 aliphatic carbocycles. The molecule has 4 N–H and O–H groups in total. The van der Waals surface area contributed by atoms with Crippen molar-refractivity contribution in [1.82, 2.24) is 9.97 Å². The molecule has 37 heavy (non-hydrogen) atoms. The van der Waals surface area contributed by atoms with Gasteiger partial charge in [-0.05, 0) is 48.4 Å². The summed E-state index contributed by atoms with van der Waals surface area (Å²) in [5, 5.41) is 12.5. The van der Waals surface area contributed by atoms with Crippen LogP contribution in [0.2, 0.25) is 0 Å². The molecule has 8 heteroatoms. The Bertz CT molecular complexity index is 1420. The highest BCUT2D eigenvalue weighted by Gasteiger charge is 2.17. The fourth-order valence-corrected chi connectivity index (χ4v) is 4.30. The molecule has 0 radical (unpaired) electrons. The summed E-state index contributed by atoms with van der Waals surface area (Å²) in [5.74, 6) is 1.20. The first-order valence-corrected chi connectivity index (χ1v) is 12.2. The van der Waals surface area contributed by atoms with E-state index in [2.05, 4.69) is 10.2 Å². The highest BCUT2D eigenvalue weighted by Crippen LogP contribution is 2.28. The third kappa shape index (κ3) is 5.45. The number of amides is 1. The van der Waals surface area contributed by atoms with Crippen molar-refractivity contribution >= 4 is 23.1 Å². The van der Waals surface area contributed by atoms with Gasteiger partial charge in [-0.3, -0.25) is 4.79 Å². The number of aliphatic hydroxyl groups excluding tert-OH is 1. The SMILES string of the molecule is Cc1c(N)cccc1C(=O)Nc1ccc(-c2cc(N3CCOCC3)nc(-c3cccc(CO)c3)n2)cc1. The third-order valence-electron chi connectivity index (χ3n) is 6.47. The zero-order valence-corrected chi connectivity index (χ0v) is 20.6. The van der Waals surface area contributed by atoms with E-state index >= 15 is 0 Å². The van der Waals surface area contributed by atoms with Crippen molar-refractivity contribution in [3.63, 3.8) is 0 Å². The van der Waals surface area contributed by atoms with Gasteiger partial charge in [0.15, 0.2) is 5.82 Å². The maximum Gasteiger partial charge on any atom is 0.256 e. The molecule has 0 bridgehead atoms. The molecule has 0 atom stereocenters. The predicted octanol–water partition coefficient (Wildman–Crippen LogP) is 4.28. The summed E-state index contributed by atoms with van der Waals surface area (Å²) in [5.41, 5.74) is 11.8. The van der Waals surface area contributed by atoms with Gasteiger partial charge < -0.3 is 25.8 Å². The minimum absolute atomic E-state index is 0.0495. The molecule has 1 fully saturated rings. The number of aliphatic hydroxyl groups is 1. The van der Waals surface area contributed by atoms with Crippen molar-refractivity contribution in [2.24, 2.45) is 0 Å². The maximum atomic E-state index is 12.8. The Morgan fingerprint density at radius 3 is 2.51 bits per heavy atom. The van der Waals surface area contributed by atoms with Gasteiger partial charge in [0.25, 0.3) is 5.91 Å². The van der Waals surface area contributed by atoms with E-state index in [9.17, 15) is 9.90 Å². The van der Waals surface area contributed by atoms with Crippen molar-refractivity contribution in [2.75, 3.05) is 42.3 Å². The van der Waals surface area contributed by atoms with Gasteiger partial charge in [0, 0.05) is 47.2 Å². The topological polar surface area (TPSA) is 114 Å². The lowest BCUT2D eigenvalue weighted by Gasteiger charge is -2.28. The number of nitrogens with two attached hydrogens (primary N) is 1. The zero-order chi connectivity index (χ0) is 25.8. The van der Waals surface area contributed by atoms with Gasteiger partial charge in [-0.1, -0.05) is 36.4 Å². The Hall–Kier alpha value is -4.27. The van der Waals surface area contributed by atoms with Gasteiger partial charge in [0.2, 0.25) is 0 Å². The average Bonchev–Trinajstić information content (AvgIpc) is 2.95. The number of anilines is 3. The summed E-state index contributed by atoms with van der Waals surface area (Å²) >= 11 is 0. The van der Waals surface area contributed by atoms with Crippen molar-refractivity contribution < 1.29 is 14.6 Å². The molecule has 8 nitrogen and oxygen atoms in total. The minimum atomic E-state index is -0.208. The number of nitrogen functional groups attached to an aromatic ring is 1. The van der Waals surface area contributed by atoms with Crippen LogP contribution < -0.4 is 16.0 Å². The summed E-state index contributed by atoms with van der Waals surface area (Å²) in [4.78, 5) is 24.7. The van der Waals surface area contributed by atoms with Crippen LogP contribution >= 0.6 is 0 Å². The molecular formula is C29H29N5O3. The lowest BCUT2D eigenvalue weighted by molar-refractivity contribution is 0.102. The van der Waals surface area contributed by atoms with Crippen LogP contribution in [0.4, 0.5) is 17.2 Å². The van der Waals surface area contributed by atoms with Crippen LogP contribution in [0.3, 0.4) is 0 Å². The van der Waals surface area contributed by atoms with Crippen LogP contribution in [0, 0.1) is 6.92 Å². The molecule has 1 saturated heterocycles. The fourth-order valence-electron chi connectivity index (χ4n) is 4.30. The van der Waals surface area contributed by atoms with Gasteiger partial charge in [-0.25, -0.2) is 9.97 Å². The maximum absolute atomic E-state index is 12.8. The summed E-state index contributed by atoms with van der Waals surface area (Å²) in [6.07, 6.45) is 0. The molecule has 2 heterocycles. The number of carbonyl (C=O) groups is 1. The lowest BCUT2D eigenvalue weighted by atomic mass is 10.1. The average molecular weight is 496 g/mol. The molecule has 5 rings (SSSR count). The Morgan fingerprint density at radius 1 is 1.00 bits per heavy atom. The van der Waals surface area contributed by atoms with E-state index in [4.69, 9.17) is 20.4 Å². The first kappa shape index (κ1) is 24.4. The number of carbonyl (C=O) groups excluding carboxylic acids is 1. The van der Waals surface area contributed by atoms with Gasteiger partial charge in [0.05, 0.1) is 25.5 Å². The summed E-state index contributed by atoms with van der Waals surface area (Å²) in [6, 6.07) is 22.5. The predicted molar refractivity (Wildman–Crippen MR) is 145 cm³/mol. The van der Waals surface area contributed by atoms with Gasteiger partial charge >= 0.3 is 0 Å². The smallest absolute Gasteiger partial charge is 0.256 e. The number of hydrogen-bond donors (Lipinski definition) is 3. The Kier molecular flexibility index (Phi) is 7.11. The summed E-state index contributed by atoms with van der Waals surface area (Å²) < 4.78 is 5.52. The number of rotatable bonds is 6. The Labute approximate surface area is 215 Å². The molecule has 1 aliphatic rings. The quantitative estimate of drug-likeness (QED) is 0.342. The molecule has 1 aliphatic heterocycles. The van der Waals surface area contributed by atoms with E-state index in [-0.39, 0.29) is 12.5 Å². The molecule has 0 unspecified atom stereocenters. The number of hydrogen-bond acceptors (Lipinski definition) is 7. The van der Waals surface area contributed by atoms with Crippen LogP contribution in [0.5, 0.6) is 0 Å². The first-order valence-electron chi connectivity index (χ1n) is 12.2. The summed E-state index contributed by atoms with van der Waals surface area (Å²) in [7, 11) is 0. The second-order valence-electron chi connectivity index (χ2n) is 8.94. The molecule has 4 aromatic rings. The van der Waals surface area contributed by atoms with Crippen molar-refractivity contribution in [3.8, 4) is 22.6 Å². The van der Waals surface area contributed by atoms with Crippen LogP contribution in [-0.4, -0.2) is 47.3 Å². The van der Waals surface area contributed by atoms with E-state index in [1.165, 1.54) is 0 Å². The monoisotopic (exact) mass is 495 g/mol. The highest BCUT2D eigenvalue weighted by molar-refractivity contribution is 6.06. The van der Waals surface area contributed by atoms with E-state index in [0.29, 0.717) is 36.0 Å². The number of nitrogens with one attached hydrogen (secondary N) is 1. The van der Waals surface area contributed by atoms with Gasteiger partial charge in [-0.15, -0.1) is 0 Å². The molecule has 1 aromatic heterocycles. The normalized spacial score (nSPS) is 13.4. The minimum Gasteiger partial charge on any atom is -0.398 e. The first-order chi connectivity index (χ1) is 18.0. The molecule has 3 aromatic carbocycles. The van der Waals surface area contributed by atoms with E-state index < -0.39 is 0 Å². The number of morpholine rings is 1. The van der Waals surface area contributed by atoms with Gasteiger partial charge in [-0.2, -0.15) is 0 Å². The van der Waals surface area contributed by atoms with Crippen LogP contribution in [-0.2, 0) is 11.3 Å². The zero-order valence-electron chi connectivity index (χ0n) is 20.6. The third-order valence-corrected chi connectivity index (χ3v) is 6.47. The van der Waals surface area contributed by atoms with E-state index in [1.54, 1.807) is 18.2 Å². The van der Waals surface area contributed by atoms with Crippen LogP contribution in [0.15, 0.2) is 72.8 Å². The largest absolute Gasteiger partial charge is 0.398 e. The summed E-state index contributed by atoms with van der Waals surface area (Å²) in [6.45, 7) is 4.58.